The highest BCUT2D eigenvalue weighted by Crippen LogP contribution is 2.41. The molecule has 0 saturated carbocycles. The van der Waals surface area contributed by atoms with E-state index in [2.05, 4.69) is 5.16 Å². The van der Waals surface area contributed by atoms with Crippen molar-refractivity contribution >= 4 is 22.9 Å². The molecule has 0 unspecified atom stereocenters. The van der Waals surface area contributed by atoms with Crippen LogP contribution in [0.25, 0.3) is 21.7 Å². The highest BCUT2D eigenvalue weighted by molar-refractivity contribution is 7.13. The maximum absolute atomic E-state index is 11.2. The summed E-state index contributed by atoms with van der Waals surface area (Å²) < 4.78 is 5.06. The van der Waals surface area contributed by atoms with Gasteiger partial charge in [-0.1, -0.05) is 17.3 Å². The number of benzene rings is 1. The number of aryl methyl sites for hydroxylation is 1. The Bertz CT molecular complexity index is 809. The van der Waals surface area contributed by atoms with Crippen LogP contribution in [0.2, 0.25) is 0 Å². The summed E-state index contributed by atoms with van der Waals surface area (Å²) in [7, 11) is 0. The lowest BCUT2D eigenvalue weighted by molar-refractivity contribution is -0.384. The molecule has 0 spiro atoms. The van der Waals surface area contributed by atoms with Crippen LogP contribution in [0.1, 0.15) is 5.56 Å². The summed E-state index contributed by atoms with van der Waals surface area (Å²) in [6.07, 6.45) is 0. The standard InChI is InChI=1S/C14H11N3O3S/c1-8-4-5-10(17(18)19)9(7-8)13-12(14(15)20-16-13)11-3-2-6-21-11/h2-7H,15H2,1H3. The number of nitrogens with zero attached hydrogens (tertiary/aromatic N) is 2. The predicted octanol–water partition coefficient (Wildman–Crippen LogP) is 3.87. The number of hydrogen-bond acceptors (Lipinski definition) is 6. The van der Waals surface area contributed by atoms with Gasteiger partial charge < -0.3 is 10.3 Å². The molecule has 1 aromatic carbocycles. The Labute approximate surface area is 124 Å². The zero-order valence-corrected chi connectivity index (χ0v) is 11.9. The van der Waals surface area contributed by atoms with Crippen molar-refractivity contribution in [1.82, 2.24) is 5.16 Å². The van der Waals surface area contributed by atoms with Crippen LogP contribution in [-0.4, -0.2) is 10.1 Å². The molecule has 0 atom stereocenters. The topological polar surface area (TPSA) is 95.2 Å². The van der Waals surface area contributed by atoms with Crippen molar-refractivity contribution in [2.45, 2.75) is 6.92 Å². The second kappa shape index (κ2) is 5.02. The van der Waals surface area contributed by atoms with Crippen molar-refractivity contribution < 1.29 is 9.45 Å². The van der Waals surface area contributed by atoms with Gasteiger partial charge in [-0.15, -0.1) is 11.3 Å². The maximum atomic E-state index is 11.2. The monoisotopic (exact) mass is 301 g/mol. The molecule has 0 bridgehead atoms. The fourth-order valence-electron chi connectivity index (χ4n) is 2.14. The van der Waals surface area contributed by atoms with Crippen molar-refractivity contribution in [1.29, 1.82) is 0 Å². The molecule has 3 aromatic rings. The molecule has 0 fully saturated rings. The van der Waals surface area contributed by atoms with Crippen LogP contribution >= 0.6 is 11.3 Å². The first-order chi connectivity index (χ1) is 10.1. The van der Waals surface area contributed by atoms with Gasteiger partial charge >= 0.3 is 0 Å². The molecule has 0 amide bonds. The number of rotatable bonds is 3. The highest BCUT2D eigenvalue weighted by atomic mass is 32.1. The normalized spacial score (nSPS) is 10.7. The molecule has 2 heterocycles. The number of nitro groups is 1. The zero-order valence-electron chi connectivity index (χ0n) is 11.1. The fraction of sp³-hybridized carbons (Fsp3) is 0.0714. The summed E-state index contributed by atoms with van der Waals surface area (Å²) in [6, 6.07) is 8.62. The van der Waals surface area contributed by atoms with Crippen LogP contribution in [0.3, 0.4) is 0 Å². The van der Waals surface area contributed by atoms with Gasteiger partial charge in [-0.2, -0.15) is 0 Å². The van der Waals surface area contributed by atoms with Crippen molar-refractivity contribution in [3.63, 3.8) is 0 Å². The van der Waals surface area contributed by atoms with Gasteiger partial charge in [-0.25, -0.2) is 0 Å². The summed E-state index contributed by atoms with van der Waals surface area (Å²) in [5.74, 6) is 0.156. The Morgan fingerprint density at radius 3 is 2.86 bits per heavy atom. The number of nitrogens with two attached hydrogens (primary N) is 1. The molecule has 21 heavy (non-hydrogen) atoms. The van der Waals surface area contributed by atoms with Gasteiger partial charge in [0, 0.05) is 10.9 Å². The van der Waals surface area contributed by atoms with Crippen LogP contribution in [-0.2, 0) is 0 Å². The lowest BCUT2D eigenvalue weighted by Crippen LogP contribution is -1.94. The first kappa shape index (κ1) is 13.3. The quantitative estimate of drug-likeness (QED) is 0.585. The average molecular weight is 301 g/mol. The largest absolute Gasteiger partial charge is 0.367 e. The van der Waals surface area contributed by atoms with Gasteiger partial charge in [0.1, 0.15) is 5.69 Å². The minimum atomic E-state index is -0.433. The van der Waals surface area contributed by atoms with Gasteiger partial charge in [0.15, 0.2) is 0 Å². The van der Waals surface area contributed by atoms with Gasteiger partial charge in [-0.3, -0.25) is 10.1 Å². The van der Waals surface area contributed by atoms with Crippen LogP contribution in [0, 0.1) is 17.0 Å². The molecule has 2 aromatic heterocycles. The number of hydrogen-bond donors (Lipinski definition) is 1. The van der Waals surface area contributed by atoms with Crippen LogP contribution in [0.15, 0.2) is 40.2 Å². The van der Waals surface area contributed by atoms with Gasteiger partial charge in [-0.05, 0) is 30.0 Å². The van der Waals surface area contributed by atoms with Gasteiger partial charge in [0.25, 0.3) is 5.69 Å². The zero-order chi connectivity index (χ0) is 15.0. The van der Waals surface area contributed by atoms with Crippen LogP contribution < -0.4 is 5.73 Å². The summed E-state index contributed by atoms with van der Waals surface area (Å²) in [4.78, 5) is 11.7. The Morgan fingerprint density at radius 2 is 2.19 bits per heavy atom. The van der Waals surface area contributed by atoms with E-state index in [0.29, 0.717) is 16.8 Å². The summed E-state index contributed by atoms with van der Waals surface area (Å²) in [5, 5.41) is 17.1. The smallest absolute Gasteiger partial charge is 0.278 e. The number of nitro benzene ring substituents is 1. The van der Waals surface area contributed by atoms with E-state index in [-0.39, 0.29) is 11.6 Å². The Morgan fingerprint density at radius 1 is 1.38 bits per heavy atom. The van der Waals surface area contributed by atoms with Gasteiger partial charge in [0.2, 0.25) is 5.88 Å². The van der Waals surface area contributed by atoms with E-state index in [9.17, 15) is 10.1 Å². The van der Waals surface area contributed by atoms with Crippen LogP contribution in [0.4, 0.5) is 11.6 Å². The number of aromatic nitrogens is 1. The third-order valence-corrected chi connectivity index (χ3v) is 3.98. The van der Waals surface area contributed by atoms with E-state index in [1.807, 2.05) is 24.4 Å². The molecule has 2 N–H and O–H groups in total. The fourth-order valence-corrected chi connectivity index (χ4v) is 2.92. The molecule has 106 valence electrons. The minimum absolute atomic E-state index is 0.0216. The molecule has 6 nitrogen and oxygen atoms in total. The molecule has 7 heteroatoms. The Kier molecular flexibility index (Phi) is 3.19. The van der Waals surface area contributed by atoms with Crippen molar-refractivity contribution in [2.24, 2.45) is 0 Å². The Hall–Kier alpha value is -2.67. The van der Waals surface area contributed by atoms with E-state index in [1.54, 1.807) is 12.1 Å². The number of anilines is 1. The van der Waals surface area contributed by atoms with E-state index in [1.165, 1.54) is 17.4 Å². The van der Waals surface area contributed by atoms with Crippen molar-refractivity contribution in [3.8, 4) is 21.7 Å². The van der Waals surface area contributed by atoms with E-state index in [0.717, 1.165) is 10.4 Å². The van der Waals surface area contributed by atoms with Crippen molar-refractivity contribution in [3.05, 3.63) is 51.4 Å². The number of thiophene rings is 1. The summed E-state index contributed by atoms with van der Waals surface area (Å²) in [5.41, 5.74) is 8.11. The summed E-state index contributed by atoms with van der Waals surface area (Å²) in [6.45, 7) is 1.86. The second-order valence-corrected chi connectivity index (χ2v) is 5.47. The minimum Gasteiger partial charge on any atom is -0.367 e. The van der Waals surface area contributed by atoms with Crippen LogP contribution in [0.5, 0.6) is 0 Å². The molecule has 0 aliphatic heterocycles. The predicted molar refractivity (Wildman–Crippen MR) is 81.1 cm³/mol. The molecule has 0 saturated heterocycles. The molecule has 0 aliphatic rings. The van der Waals surface area contributed by atoms with Crippen molar-refractivity contribution in [2.75, 3.05) is 5.73 Å². The molecular formula is C14H11N3O3S. The first-order valence-corrected chi connectivity index (χ1v) is 7.00. The van der Waals surface area contributed by atoms with E-state index >= 15 is 0 Å². The molecule has 0 aliphatic carbocycles. The Balaban J connectivity index is 2.28. The number of nitrogen functional groups attached to an aromatic ring is 1. The third-order valence-electron chi connectivity index (χ3n) is 3.09. The SMILES string of the molecule is Cc1ccc([N+](=O)[O-])c(-c2noc(N)c2-c2cccs2)c1. The lowest BCUT2D eigenvalue weighted by Gasteiger charge is -2.03. The average Bonchev–Trinajstić information content (AvgIpc) is 3.06. The molecule has 0 radical (unpaired) electrons. The lowest BCUT2D eigenvalue weighted by atomic mass is 10.0. The van der Waals surface area contributed by atoms with Gasteiger partial charge in [0.05, 0.1) is 16.1 Å². The van der Waals surface area contributed by atoms with E-state index < -0.39 is 4.92 Å². The third kappa shape index (κ3) is 2.27. The molecule has 3 rings (SSSR count). The maximum Gasteiger partial charge on any atom is 0.278 e. The first-order valence-electron chi connectivity index (χ1n) is 6.12. The molecular weight excluding hydrogens is 290 g/mol. The highest BCUT2D eigenvalue weighted by Gasteiger charge is 2.24. The summed E-state index contributed by atoms with van der Waals surface area (Å²) >= 11 is 1.47. The second-order valence-electron chi connectivity index (χ2n) is 4.53. The van der Waals surface area contributed by atoms with E-state index in [4.69, 9.17) is 10.3 Å².